The lowest BCUT2D eigenvalue weighted by Crippen LogP contribution is -2.44. The summed E-state index contributed by atoms with van der Waals surface area (Å²) in [5, 5.41) is 6.20. The normalized spacial score (nSPS) is 17.4. The molecule has 21 heavy (non-hydrogen) atoms. The molecule has 6 nitrogen and oxygen atoms in total. The number of hydrogen-bond donors (Lipinski definition) is 2. The van der Waals surface area contributed by atoms with Gasteiger partial charge in [-0.3, -0.25) is 9.79 Å². The molecule has 6 heteroatoms. The molecule has 0 aromatic rings. The summed E-state index contributed by atoms with van der Waals surface area (Å²) in [5.74, 6) is 0.361. The molecule has 1 fully saturated rings. The molecule has 2 N–H and O–H groups in total. The van der Waals surface area contributed by atoms with E-state index < -0.39 is 5.60 Å². The number of esters is 1. The van der Waals surface area contributed by atoms with Gasteiger partial charge in [0.1, 0.15) is 12.1 Å². The number of nitrogens with one attached hydrogen (secondary N) is 2. The molecule has 0 unspecified atom stereocenters. The number of nitrogens with zero attached hydrogens (tertiary/aromatic N) is 2. The Labute approximate surface area is 128 Å². The monoisotopic (exact) mass is 298 g/mol. The highest BCUT2D eigenvalue weighted by Crippen LogP contribution is 2.07. The lowest BCUT2D eigenvalue weighted by molar-refractivity contribution is -0.153. The van der Waals surface area contributed by atoms with Crippen LogP contribution in [0.25, 0.3) is 0 Å². The van der Waals surface area contributed by atoms with Crippen LogP contribution in [0.3, 0.4) is 0 Å². The molecule has 1 saturated heterocycles. The van der Waals surface area contributed by atoms with Crippen LogP contribution in [-0.2, 0) is 9.53 Å². The number of likely N-dealkylation sites (tertiary alicyclic amines) is 1. The average Bonchev–Trinajstić information content (AvgIpc) is 2.42. The molecular formula is C15H30N4O2. The molecule has 0 aliphatic carbocycles. The van der Waals surface area contributed by atoms with Crippen molar-refractivity contribution in [3.8, 4) is 0 Å². The zero-order valence-corrected chi connectivity index (χ0v) is 13.9. The van der Waals surface area contributed by atoms with Crippen LogP contribution in [0, 0.1) is 0 Å². The minimum Gasteiger partial charge on any atom is -0.459 e. The number of piperidine rings is 1. The van der Waals surface area contributed by atoms with E-state index in [0.29, 0.717) is 5.96 Å². The van der Waals surface area contributed by atoms with E-state index in [4.69, 9.17) is 4.74 Å². The van der Waals surface area contributed by atoms with Crippen molar-refractivity contribution < 1.29 is 9.53 Å². The van der Waals surface area contributed by atoms with Crippen molar-refractivity contribution in [2.24, 2.45) is 4.99 Å². The maximum Gasteiger partial charge on any atom is 0.325 e. The molecule has 122 valence electrons. The van der Waals surface area contributed by atoms with E-state index in [-0.39, 0.29) is 12.5 Å². The van der Waals surface area contributed by atoms with Crippen LogP contribution in [0.4, 0.5) is 0 Å². The molecule has 1 rings (SSSR count). The third kappa shape index (κ3) is 8.55. The second-order valence-corrected chi connectivity index (χ2v) is 6.34. The SMILES string of the molecule is CN=C(NCCN1CCCCC1)NCC(=O)OC(C)(C)C. The van der Waals surface area contributed by atoms with Crippen LogP contribution < -0.4 is 10.6 Å². The van der Waals surface area contributed by atoms with E-state index in [2.05, 4.69) is 20.5 Å². The van der Waals surface area contributed by atoms with Gasteiger partial charge in [0.05, 0.1) is 0 Å². The molecule has 0 aromatic heterocycles. The first-order valence-corrected chi connectivity index (χ1v) is 7.79. The highest BCUT2D eigenvalue weighted by atomic mass is 16.6. The minimum absolute atomic E-state index is 0.126. The van der Waals surface area contributed by atoms with E-state index in [1.807, 2.05) is 20.8 Å². The maximum atomic E-state index is 11.6. The fourth-order valence-electron chi connectivity index (χ4n) is 2.27. The Morgan fingerprint density at radius 1 is 1.19 bits per heavy atom. The van der Waals surface area contributed by atoms with E-state index in [9.17, 15) is 4.79 Å². The summed E-state index contributed by atoms with van der Waals surface area (Å²) in [7, 11) is 1.70. The van der Waals surface area contributed by atoms with Crippen LogP contribution in [-0.4, -0.2) is 62.2 Å². The van der Waals surface area contributed by atoms with Gasteiger partial charge >= 0.3 is 5.97 Å². The van der Waals surface area contributed by atoms with Gasteiger partial charge in [0.25, 0.3) is 0 Å². The summed E-state index contributed by atoms with van der Waals surface area (Å²) in [6.45, 7) is 9.91. The van der Waals surface area contributed by atoms with Crippen molar-refractivity contribution in [1.82, 2.24) is 15.5 Å². The van der Waals surface area contributed by atoms with E-state index >= 15 is 0 Å². The summed E-state index contributed by atoms with van der Waals surface area (Å²) in [5.41, 5.74) is -0.454. The highest BCUT2D eigenvalue weighted by Gasteiger charge is 2.16. The number of ether oxygens (including phenoxy) is 1. The van der Waals surface area contributed by atoms with Crippen molar-refractivity contribution >= 4 is 11.9 Å². The second kappa shape index (κ2) is 8.87. The molecule has 0 radical (unpaired) electrons. The van der Waals surface area contributed by atoms with Gasteiger partial charge in [-0.05, 0) is 46.7 Å². The number of carbonyl (C=O) groups is 1. The lowest BCUT2D eigenvalue weighted by Gasteiger charge is -2.26. The number of rotatable bonds is 5. The average molecular weight is 298 g/mol. The first kappa shape index (κ1) is 17.8. The van der Waals surface area contributed by atoms with Crippen LogP contribution in [0.1, 0.15) is 40.0 Å². The molecule has 1 heterocycles. The van der Waals surface area contributed by atoms with Gasteiger partial charge in [0.15, 0.2) is 5.96 Å². The van der Waals surface area contributed by atoms with Gasteiger partial charge in [0.2, 0.25) is 0 Å². The zero-order chi connectivity index (χ0) is 15.7. The summed E-state index contributed by atoms with van der Waals surface area (Å²) < 4.78 is 5.24. The summed E-state index contributed by atoms with van der Waals surface area (Å²) in [6, 6.07) is 0. The molecule has 0 saturated carbocycles. The molecule has 1 aliphatic rings. The maximum absolute atomic E-state index is 11.6. The van der Waals surface area contributed by atoms with E-state index in [1.54, 1.807) is 7.05 Å². The Kier molecular flexibility index (Phi) is 7.50. The third-order valence-corrected chi connectivity index (χ3v) is 3.21. The van der Waals surface area contributed by atoms with Crippen LogP contribution in [0.15, 0.2) is 4.99 Å². The first-order chi connectivity index (χ1) is 9.90. The Morgan fingerprint density at radius 2 is 1.86 bits per heavy atom. The van der Waals surface area contributed by atoms with Crippen LogP contribution in [0.2, 0.25) is 0 Å². The molecule has 0 amide bonds. The van der Waals surface area contributed by atoms with Gasteiger partial charge < -0.3 is 20.3 Å². The standard InChI is InChI=1S/C15H30N4O2/c1-15(2,3)21-13(20)12-18-14(16-4)17-8-11-19-9-6-5-7-10-19/h5-12H2,1-4H3,(H2,16,17,18). The van der Waals surface area contributed by atoms with Crippen LogP contribution >= 0.6 is 0 Å². The van der Waals surface area contributed by atoms with Crippen molar-refractivity contribution in [3.05, 3.63) is 0 Å². The Morgan fingerprint density at radius 3 is 2.43 bits per heavy atom. The van der Waals surface area contributed by atoms with Gasteiger partial charge in [-0.2, -0.15) is 0 Å². The first-order valence-electron chi connectivity index (χ1n) is 7.79. The largest absolute Gasteiger partial charge is 0.459 e. The number of carbonyl (C=O) groups excluding carboxylic acids is 1. The topological polar surface area (TPSA) is 66.0 Å². The third-order valence-electron chi connectivity index (χ3n) is 3.21. The number of aliphatic imine (C=N–C) groups is 1. The van der Waals surface area contributed by atoms with Crippen molar-refractivity contribution in [2.75, 3.05) is 39.8 Å². The summed E-state index contributed by atoms with van der Waals surface area (Å²) in [4.78, 5) is 18.2. The number of hydrogen-bond acceptors (Lipinski definition) is 4. The smallest absolute Gasteiger partial charge is 0.325 e. The fraction of sp³-hybridized carbons (Fsp3) is 0.867. The van der Waals surface area contributed by atoms with E-state index in [1.165, 1.54) is 32.4 Å². The van der Waals surface area contributed by atoms with Gasteiger partial charge in [-0.15, -0.1) is 0 Å². The Balaban J connectivity index is 2.18. The van der Waals surface area contributed by atoms with Gasteiger partial charge in [-0.1, -0.05) is 6.42 Å². The van der Waals surface area contributed by atoms with Crippen molar-refractivity contribution in [3.63, 3.8) is 0 Å². The van der Waals surface area contributed by atoms with Gasteiger partial charge in [-0.25, -0.2) is 0 Å². The lowest BCUT2D eigenvalue weighted by atomic mass is 10.1. The van der Waals surface area contributed by atoms with E-state index in [0.717, 1.165) is 13.1 Å². The minimum atomic E-state index is -0.454. The predicted octanol–water partition coefficient (Wildman–Crippen LogP) is 0.979. The molecule has 0 aromatic carbocycles. The highest BCUT2D eigenvalue weighted by molar-refractivity contribution is 5.84. The summed E-state index contributed by atoms with van der Waals surface area (Å²) >= 11 is 0. The zero-order valence-electron chi connectivity index (χ0n) is 13.9. The fourth-order valence-corrected chi connectivity index (χ4v) is 2.27. The predicted molar refractivity (Wildman–Crippen MR) is 85.5 cm³/mol. The Hall–Kier alpha value is -1.30. The van der Waals surface area contributed by atoms with Crippen molar-refractivity contribution in [1.29, 1.82) is 0 Å². The van der Waals surface area contributed by atoms with Crippen molar-refractivity contribution in [2.45, 2.75) is 45.6 Å². The molecule has 0 atom stereocenters. The number of guanidine groups is 1. The Bertz CT molecular complexity index is 344. The molecule has 0 bridgehead atoms. The summed E-state index contributed by atoms with van der Waals surface area (Å²) in [6.07, 6.45) is 3.94. The van der Waals surface area contributed by atoms with Crippen LogP contribution in [0.5, 0.6) is 0 Å². The molecule has 0 spiro atoms. The molecule has 1 aliphatic heterocycles. The van der Waals surface area contributed by atoms with Gasteiger partial charge in [0, 0.05) is 20.1 Å². The second-order valence-electron chi connectivity index (χ2n) is 6.34. The quantitative estimate of drug-likeness (QED) is 0.450. The molecular weight excluding hydrogens is 268 g/mol.